The summed E-state index contributed by atoms with van der Waals surface area (Å²) >= 11 is 0. The lowest BCUT2D eigenvalue weighted by atomic mass is 9.63. The van der Waals surface area contributed by atoms with Crippen LogP contribution in [0.2, 0.25) is 0 Å². The highest BCUT2D eigenvalue weighted by Crippen LogP contribution is 2.57. The Hall–Kier alpha value is -1.38. The molecule has 0 radical (unpaired) electrons. The van der Waals surface area contributed by atoms with E-state index in [-0.39, 0.29) is 51.4 Å². The van der Waals surface area contributed by atoms with E-state index in [9.17, 15) is 94.3 Å². The Bertz CT molecular complexity index is 1120. The molecule has 3 N–H and O–H groups in total. The highest BCUT2D eigenvalue weighted by atomic mass is 19.4. The lowest BCUT2D eigenvalue weighted by Crippen LogP contribution is -2.62. The molecular formula is C34H46F18O3. The minimum atomic E-state index is -6.07. The summed E-state index contributed by atoms with van der Waals surface area (Å²) in [6.45, 7) is 3.25. The van der Waals surface area contributed by atoms with E-state index in [2.05, 4.69) is 0 Å². The first kappa shape index (κ1) is 48.0. The Morgan fingerprint density at radius 3 is 0.709 bits per heavy atom. The van der Waals surface area contributed by atoms with E-state index in [1.54, 1.807) is 13.8 Å². The number of aliphatic hydroxyl groups is 3. The normalized spacial score (nSPS) is 29.5. The molecule has 21 heteroatoms. The Morgan fingerprint density at radius 2 is 0.527 bits per heavy atom. The van der Waals surface area contributed by atoms with Crippen LogP contribution in [-0.2, 0) is 0 Å². The predicted octanol–water partition coefficient (Wildman–Crippen LogP) is 11.6. The van der Waals surface area contributed by atoms with Crippen molar-refractivity contribution in [2.24, 2.45) is 53.3 Å². The van der Waals surface area contributed by atoms with Crippen LogP contribution in [0.3, 0.4) is 0 Å². The lowest BCUT2D eigenvalue weighted by Gasteiger charge is -2.45. The van der Waals surface area contributed by atoms with Crippen LogP contribution in [0.5, 0.6) is 0 Å². The third-order valence-electron chi connectivity index (χ3n) is 13.3. The SMILES string of the molecule is CC(CC(CC(C)C1CCC(C(O)(C(F)(F)F)C(F)(F)F)CC1)C1CCC(C(O)(C(F)(F)F)C(F)(F)F)CC1)C1CCC(C(O)(C(F)(F)F)C(F)(F)F)CC1. The van der Waals surface area contributed by atoms with E-state index < -0.39 is 146 Å². The number of hydrogen-bond acceptors (Lipinski definition) is 3. The van der Waals surface area contributed by atoms with Crippen LogP contribution < -0.4 is 0 Å². The zero-order valence-corrected chi connectivity index (χ0v) is 29.7. The fourth-order valence-corrected chi connectivity index (χ4v) is 9.91. The average Bonchev–Trinajstić information content (AvgIpc) is 3.03. The zero-order chi connectivity index (χ0) is 42.6. The van der Waals surface area contributed by atoms with Gasteiger partial charge in [-0.05, 0) is 125 Å². The first-order valence-corrected chi connectivity index (χ1v) is 18.1. The van der Waals surface area contributed by atoms with Crippen LogP contribution in [0, 0.1) is 53.3 Å². The van der Waals surface area contributed by atoms with Crippen molar-refractivity contribution >= 4 is 0 Å². The monoisotopic (exact) mass is 844 g/mol. The molecule has 0 aromatic rings. The van der Waals surface area contributed by atoms with E-state index in [1.807, 2.05) is 0 Å². The highest BCUT2D eigenvalue weighted by Gasteiger charge is 2.75. The van der Waals surface area contributed by atoms with E-state index in [1.165, 1.54) is 0 Å². The Balaban J connectivity index is 1.81. The molecule has 0 amide bonds. The lowest BCUT2D eigenvalue weighted by molar-refractivity contribution is -0.388. The summed E-state index contributed by atoms with van der Waals surface area (Å²) in [5, 5.41) is 29.7. The van der Waals surface area contributed by atoms with E-state index in [4.69, 9.17) is 0 Å². The van der Waals surface area contributed by atoms with Crippen LogP contribution in [0.25, 0.3) is 0 Å². The topological polar surface area (TPSA) is 60.7 Å². The Morgan fingerprint density at radius 1 is 0.345 bits per heavy atom. The van der Waals surface area contributed by atoms with Gasteiger partial charge in [0, 0.05) is 17.8 Å². The first-order valence-electron chi connectivity index (χ1n) is 18.1. The van der Waals surface area contributed by atoms with Crippen LogP contribution in [-0.4, -0.2) is 69.2 Å². The van der Waals surface area contributed by atoms with Gasteiger partial charge >= 0.3 is 37.1 Å². The van der Waals surface area contributed by atoms with Crippen LogP contribution in [0.4, 0.5) is 79.0 Å². The molecule has 0 aliphatic heterocycles. The number of halogens is 18. The molecule has 2 atom stereocenters. The molecule has 3 rings (SSSR count). The molecule has 3 aliphatic carbocycles. The standard InChI is InChI=1S/C34H46F18O3/c1-17(19-3-9-23(10-4-19)26(53,29(35,36)37)30(38,39)40)15-22(21-7-13-25(14-8-21)28(55,33(47,48)49)34(50,51)52)16-18(2)20-5-11-24(12-6-20)27(54,31(41,42)43)32(44,45)46/h17-25,53-55H,3-16H2,1-2H3. The number of alkyl halides is 18. The molecule has 326 valence electrons. The smallest absolute Gasteiger partial charge is 0.373 e. The van der Waals surface area contributed by atoms with Crippen molar-refractivity contribution in [2.45, 2.75) is 158 Å². The molecule has 0 aromatic carbocycles. The van der Waals surface area contributed by atoms with Crippen LogP contribution in [0.15, 0.2) is 0 Å². The van der Waals surface area contributed by atoms with Gasteiger partial charge in [-0.2, -0.15) is 79.0 Å². The third-order valence-corrected chi connectivity index (χ3v) is 13.3. The summed E-state index contributed by atoms with van der Waals surface area (Å²) < 4.78 is 243. The second-order valence-electron chi connectivity index (χ2n) is 16.3. The zero-order valence-electron chi connectivity index (χ0n) is 29.7. The molecule has 0 heterocycles. The molecule has 0 aromatic heterocycles. The van der Waals surface area contributed by atoms with Gasteiger partial charge in [-0.3, -0.25) is 0 Å². The summed E-state index contributed by atoms with van der Waals surface area (Å²) in [4.78, 5) is 0. The van der Waals surface area contributed by atoms with Gasteiger partial charge in [-0.15, -0.1) is 0 Å². The number of rotatable bonds is 10. The van der Waals surface area contributed by atoms with E-state index in [0.717, 1.165) is 0 Å². The predicted molar refractivity (Wildman–Crippen MR) is 159 cm³/mol. The second-order valence-corrected chi connectivity index (χ2v) is 16.3. The maximum Gasteiger partial charge on any atom is 0.426 e. The molecule has 0 spiro atoms. The van der Waals surface area contributed by atoms with Gasteiger partial charge in [-0.25, -0.2) is 0 Å². The van der Waals surface area contributed by atoms with Crippen molar-refractivity contribution in [3.05, 3.63) is 0 Å². The van der Waals surface area contributed by atoms with Crippen molar-refractivity contribution < 1.29 is 94.3 Å². The van der Waals surface area contributed by atoms with Gasteiger partial charge in [0.25, 0.3) is 16.8 Å². The Labute approximate surface area is 305 Å². The second kappa shape index (κ2) is 16.0. The summed E-state index contributed by atoms with van der Waals surface area (Å²) in [7, 11) is 0. The fourth-order valence-electron chi connectivity index (χ4n) is 9.91. The largest absolute Gasteiger partial charge is 0.426 e. The van der Waals surface area contributed by atoms with Crippen molar-refractivity contribution in [1.82, 2.24) is 0 Å². The van der Waals surface area contributed by atoms with Crippen molar-refractivity contribution in [3.63, 3.8) is 0 Å². The van der Waals surface area contributed by atoms with Crippen molar-refractivity contribution in [1.29, 1.82) is 0 Å². The minimum Gasteiger partial charge on any atom is -0.373 e. The molecule has 3 saturated carbocycles. The average molecular weight is 845 g/mol. The van der Waals surface area contributed by atoms with Gasteiger partial charge in [-0.1, -0.05) is 13.8 Å². The number of hydrogen-bond donors (Lipinski definition) is 3. The molecule has 0 bridgehead atoms. The molecule has 3 nitrogen and oxygen atoms in total. The van der Waals surface area contributed by atoms with Gasteiger partial charge < -0.3 is 15.3 Å². The van der Waals surface area contributed by atoms with Crippen LogP contribution in [0.1, 0.15) is 104 Å². The van der Waals surface area contributed by atoms with Crippen LogP contribution >= 0.6 is 0 Å². The van der Waals surface area contributed by atoms with Gasteiger partial charge in [0.2, 0.25) is 0 Å². The molecule has 0 saturated heterocycles. The maximum absolute atomic E-state index is 13.6. The summed E-state index contributed by atoms with van der Waals surface area (Å²) in [6, 6.07) is 0. The maximum atomic E-state index is 13.6. The quantitative estimate of drug-likeness (QED) is 0.192. The molecule has 2 unspecified atom stereocenters. The van der Waals surface area contributed by atoms with E-state index >= 15 is 0 Å². The summed E-state index contributed by atoms with van der Waals surface area (Å²) in [5.41, 5.74) is -14.9. The summed E-state index contributed by atoms with van der Waals surface area (Å²) in [5.74, 6) is -9.83. The molecular weight excluding hydrogens is 798 g/mol. The van der Waals surface area contributed by atoms with Gasteiger partial charge in [0.05, 0.1) is 0 Å². The summed E-state index contributed by atoms with van der Waals surface area (Å²) in [6.07, 6.45) is -41.4. The van der Waals surface area contributed by atoms with Crippen molar-refractivity contribution in [3.8, 4) is 0 Å². The molecule has 55 heavy (non-hydrogen) atoms. The fraction of sp³-hybridized carbons (Fsp3) is 1.00. The first-order chi connectivity index (χ1) is 24.6. The van der Waals surface area contributed by atoms with Gasteiger partial charge in [0.1, 0.15) is 0 Å². The molecule has 3 aliphatic rings. The molecule has 3 fully saturated rings. The third kappa shape index (κ3) is 9.27. The highest BCUT2D eigenvalue weighted by molar-refractivity contribution is 5.04. The Kier molecular flexibility index (Phi) is 14.0. The van der Waals surface area contributed by atoms with E-state index in [0.29, 0.717) is 0 Å². The van der Waals surface area contributed by atoms with Gasteiger partial charge in [0.15, 0.2) is 0 Å². The minimum absolute atomic E-state index is 0.137. The van der Waals surface area contributed by atoms with Crippen molar-refractivity contribution in [2.75, 3.05) is 0 Å².